The lowest BCUT2D eigenvalue weighted by Gasteiger charge is -2.04. The van der Waals surface area contributed by atoms with Gasteiger partial charge < -0.3 is 10.1 Å². The van der Waals surface area contributed by atoms with Gasteiger partial charge in [0, 0.05) is 17.8 Å². The van der Waals surface area contributed by atoms with E-state index < -0.39 is 23.4 Å². The van der Waals surface area contributed by atoms with Gasteiger partial charge in [0.2, 0.25) is 0 Å². The first-order chi connectivity index (χ1) is 11.6. The summed E-state index contributed by atoms with van der Waals surface area (Å²) in [6.45, 7) is -0.449. The second-order valence-corrected chi connectivity index (χ2v) is 4.67. The fraction of sp³-hybridized carbons (Fsp3) is 0.0588. The number of nitro benzene ring substituents is 1. The molecule has 1 amide bonds. The maximum atomic E-state index is 11.6. The van der Waals surface area contributed by atoms with Crippen molar-refractivity contribution in [2.75, 3.05) is 11.9 Å². The number of hydrogen-bond acceptors (Lipinski definition) is 5. The van der Waals surface area contributed by atoms with Gasteiger partial charge in [-0.25, -0.2) is 4.79 Å². The van der Waals surface area contributed by atoms with E-state index in [-0.39, 0.29) is 11.3 Å². The summed E-state index contributed by atoms with van der Waals surface area (Å²) in [6.07, 6.45) is 2.31. The number of para-hydroxylation sites is 2. The number of esters is 1. The van der Waals surface area contributed by atoms with Crippen LogP contribution >= 0.6 is 0 Å². The second-order valence-electron chi connectivity index (χ2n) is 4.67. The van der Waals surface area contributed by atoms with Gasteiger partial charge >= 0.3 is 5.97 Å². The zero-order valence-corrected chi connectivity index (χ0v) is 12.5. The Morgan fingerprint density at radius 1 is 1.08 bits per heavy atom. The van der Waals surface area contributed by atoms with Crippen molar-refractivity contribution in [2.45, 2.75) is 0 Å². The van der Waals surface area contributed by atoms with Gasteiger partial charge in [0.25, 0.3) is 11.6 Å². The molecule has 0 radical (unpaired) electrons. The average Bonchev–Trinajstić information content (AvgIpc) is 2.59. The topological polar surface area (TPSA) is 98.5 Å². The van der Waals surface area contributed by atoms with E-state index in [0.717, 1.165) is 6.08 Å². The van der Waals surface area contributed by atoms with Crippen LogP contribution in [0, 0.1) is 10.1 Å². The van der Waals surface area contributed by atoms with Crippen LogP contribution in [0.5, 0.6) is 0 Å². The van der Waals surface area contributed by atoms with Crippen LogP contribution in [0.15, 0.2) is 60.7 Å². The number of hydrogen-bond donors (Lipinski definition) is 1. The summed E-state index contributed by atoms with van der Waals surface area (Å²) in [7, 11) is 0. The number of nitrogens with zero attached hydrogens (tertiary/aromatic N) is 1. The summed E-state index contributed by atoms with van der Waals surface area (Å²) in [6, 6.07) is 14.7. The molecule has 1 N–H and O–H groups in total. The van der Waals surface area contributed by atoms with Crippen molar-refractivity contribution >= 4 is 29.3 Å². The third-order valence-electron chi connectivity index (χ3n) is 2.94. The minimum atomic E-state index is -0.767. The molecule has 2 aromatic rings. The highest BCUT2D eigenvalue weighted by Gasteiger charge is 2.10. The normalized spacial score (nSPS) is 10.3. The van der Waals surface area contributed by atoms with Gasteiger partial charge in [0.05, 0.1) is 10.5 Å². The lowest BCUT2D eigenvalue weighted by Crippen LogP contribution is -2.20. The van der Waals surface area contributed by atoms with Crippen LogP contribution in [-0.2, 0) is 14.3 Å². The number of nitrogens with one attached hydrogen (secondary N) is 1. The Morgan fingerprint density at radius 2 is 1.75 bits per heavy atom. The summed E-state index contributed by atoms with van der Waals surface area (Å²) in [5.41, 5.74) is 0.741. The van der Waals surface area contributed by atoms with Gasteiger partial charge in [-0.05, 0) is 24.3 Å². The first-order valence-corrected chi connectivity index (χ1v) is 6.99. The van der Waals surface area contributed by atoms with Crippen LogP contribution in [0.2, 0.25) is 0 Å². The Labute approximate surface area is 137 Å². The molecular formula is C17H14N2O5. The number of carbonyl (C=O) groups is 2. The largest absolute Gasteiger partial charge is 0.452 e. The highest BCUT2D eigenvalue weighted by Crippen LogP contribution is 2.18. The monoisotopic (exact) mass is 326 g/mol. The molecule has 24 heavy (non-hydrogen) atoms. The fourth-order valence-electron chi connectivity index (χ4n) is 1.86. The fourth-order valence-corrected chi connectivity index (χ4v) is 1.86. The van der Waals surface area contributed by atoms with Gasteiger partial charge in [-0.2, -0.15) is 0 Å². The van der Waals surface area contributed by atoms with Crippen molar-refractivity contribution in [3.05, 3.63) is 76.4 Å². The number of nitro groups is 1. The molecule has 2 rings (SSSR count). The van der Waals surface area contributed by atoms with Gasteiger partial charge in [0.1, 0.15) is 0 Å². The van der Waals surface area contributed by atoms with Crippen LogP contribution in [-0.4, -0.2) is 23.4 Å². The Kier molecular flexibility index (Phi) is 5.79. The summed E-state index contributed by atoms with van der Waals surface area (Å²) in [4.78, 5) is 33.5. The predicted octanol–water partition coefficient (Wildman–Crippen LogP) is 2.79. The van der Waals surface area contributed by atoms with Gasteiger partial charge in [0.15, 0.2) is 6.61 Å². The van der Waals surface area contributed by atoms with Crippen molar-refractivity contribution in [3.63, 3.8) is 0 Å². The van der Waals surface area contributed by atoms with Crippen molar-refractivity contribution in [2.24, 2.45) is 0 Å². The van der Waals surface area contributed by atoms with Crippen LogP contribution in [0.4, 0.5) is 11.4 Å². The van der Waals surface area contributed by atoms with E-state index in [4.69, 9.17) is 4.74 Å². The Balaban J connectivity index is 1.87. The zero-order chi connectivity index (χ0) is 17.4. The molecule has 7 heteroatoms. The highest BCUT2D eigenvalue weighted by molar-refractivity contribution is 5.94. The summed E-state index contributed by atoms with van der Waals surface area (Å²) >= 11 is 0. The molecule has 0 fully saturated rings. The summed E-state index contributed by atoms with van der Waals surface area (Å²) in [5, 5.41) is 13.4. The second kappa shape index (κ2) is 8.23. The first kappa shape index (κ1) is 16.9. The number of rotatable bonds is 6. The number of benzene rings is 2. The summed E-state index contributed by atoms with van der Waals surface area (Å²) in [5.74, 6) is -1.25. The lowest BCUT2D eigenvalue weighted by molar-refractivity contribution is -0.385. The Morgan fingerprint density at radius 3 is 2.46 bits per heavy atom. The van der Waals surface area contributed by atoms with Crippen LogP contribution in [0.1, 0.15) is 5.56 Å². The molecule has 0 aliphatic heterocycles. The molecule has 0 saturated heterocycles. The molecule has 2 aromatic carbocycles. The van der Waals surface area contributed by atoms with Crippen LogP contribution < -0.4 is 5.32 Å². The molecule has 0 saturated carbocycles. The quantitative estimate of drug-likeness (QED) is 0.381. The number of amides is 1. The van der Waals surface area contributed by atoms with Gasteiger partial charge in [-0.3, -0.25) is 14.9 Å². The molecule has 0 bridgehead atoms. The molecule has 0 spiro atoms. The molecule has 0 aromatic heterocycles. The first-order valence-electron chi connectivity index (χ1n) is 6.99. The van der Waals surface area contributed by atoms with E-state index >= 15 is 0 Å². The molecule has 0 aliphatic carbocycles. The smallest absolute Gasteiger partial charge is 0.331 e. The van der Waals surface area contributed by atoms with E-state index in [1.165, 1.54) is 24.3 Å². The summed E-state index contributed by atoms with van der Waals surface area (Å²) < 4.78 is 4.79. The van der Waals surface area contributed by atoms with Gasteiger partial charge in [-0.15, -0.1) is 0 Å². The maximum absolute atomic E-state index is 11.6. The molecule has 7 nitrogen and oxygen atoms in total. The van der Waals surface area contributed by atoms with E-state index in [9.17, 15) is 19.7 Å². The maximum Gasteiger partial charge on any atom is 0.331 e. The molecule has 0 aliphatic rings. The van der Waals surface area contributed by atoms with Gasteiger partial charge in [-0.1, -0.05) is 30.3 Å². The molecule has 0 unspecified atom stereocenters. The molecular weight excluding hydrogens is 312 g/mol. The SMILES string of the molecule is O=C(COC(=O)/C=C/c1ccccc1[N+](=O)[O-])Nc1ccccc1. The Bertz CT molecular complexity index is 772. The van der Waals surface area contributed by atoms with Crippen molar-refractivity contribution < 1.29 is 19.2 Å². The number of ether oxygens (including phenoxy) is 1. The average molecular weight is 326 g/mol. The van der Waals surface area contributed by atoms with Crippen molar-refractivity contribution in [1.29, 1.82) is 0 Å². The minimum Gasteiger partial charge on any atom is -0.452 e. The van der Waals surface area contributed by atoms with Crippen LogP contribution in [0.25, 0.3) is 6.08 Å². The third-order valence-corrected chi connectivity index (χ3v) is 2.94. The number of anilines is 1. The van der Waals surface area contributed by atoms with E-state index in [0.29, 0.717) is 5.69 Å². The van der Waals surface area contributed by atoms with Crippen LogP contribution in [0.3, 0.4) is 0 Å². The number of carbonyl (C=O) groups excluding carboxylic acids is 2. The molecule has 0 heterocycles. The van der Waals surface area contributed by atoms with E-state index in [1.807, 2.05) is 6.07 Å². The third kappa shape index (κ3) is 5.06. The van der Waals surface area contributed by atoms with Crippen molar-refractivity contribution in [3.8, 4) is 0 Å². The molecule has 0 atom stereocenters. The Hall–Kier alpha value is -3.48. The predicted molar refractivity (Wildman–Crippen MR) is 88.2 cm³/mol. The van der Waals surface area contributed by atoms with E-state index in [2.05, 4.69) is 5.32 Å². The lowest BCUT2D eigenvalue weighted by atomic mass is 10.1. The minimum absolute atomic E-state index is 0.122. The highest BCUT2D eigenvalue weighted by atomic mass is 16.6. The standard InChI is InChI=1S/C17H14N2O5/c20-16(18-14-7-2-1-3-8-14)12-24-17(21)11-10-13-6-4-5-9-15(13)19(22)23/h1-11H,12H2,(H,18,20)/b11-10+. The van der Waals surface area contributed by atoms with E-state index in [1.54, 1.807) is 30.3 Å². The zero-order valence-electron chi connectivity index (χ0n) is 12.5. The van der Waals surface area contributed by atoms with Crippen molar-refractivity contribution in [1.82, 2.24) is 0 Å². The molecule has 122 valence electrons.